The van der Waals surface area contributed by atoms with Crippen LogP contribution in [-0.4, -0.2) is 16.1 Å². The van der Waals surface area contributed by atoms with Gasteiger partial charge in [0.15, 0.2) is 0 Å². The zero-order valence-corrected chi connectivity index (χ0v) is 11.8. The summed E-state index contributed by atoms with van der Waals surface area (Å²) in [6, 6.07) is 4.74. The lowest BCUT2D eigenvalue weighted by molar-refractivity contribution is 0.549. The molecule has 1 atom stereocenters. The van der Waals surface area contributed by atoms with Gasteiger partial charge in [0.25, 0.3) is 0 Å². The van der Waals surface area contributed by atoms with Gasteiger partial charge < -0.3 is 9.88 Å². The Hall–Kier alpha value is -1.39. The number of rotatable bonds is 5. The molecule has 19 heavy (non-hydrogen) atoms. The normalized spacial score (nSPS) is 12.6. The summed E-state index contributed by atoms with van der Waals surface area (Å²) in [5.41, 5.74) is 0.824. The number of aromatic nitrogens is 2. The number of aryl methyl sites for hydroxylation is 1. The maximum atomic E-state index is 13.6. The first-order chi connectivity index (χ1) is 9.13. The molecule has 1 unspecified atom stereocenters. The van der Waals surface area contributed by atoms with Crippen LogP contribution in [0.2, 0.25) is 5.02 Å². The van der Waals surface area contributed by atoms with Crippen LogP contribution in [0, 0.1) is 5.82 Å². The van der Waals surface area contributed by atoms with Crippen LogP contribution in [0.25, 0.3) is 0 Å². The Morgan fingerprint density at radius 1 is 1.47 bits per heavy atom. The van der Waals surface area contributed by atoms with Gasteiger partial charge in [0.05, 0.1) is 11.1 Å². The van der Waals surface area contributed by atoms with Crippen LogP contribution < -0.4 is 5.32 Å². The summed E-state index contributed by atoms with van der Waals surface area (Å²) in [6.45, 7) is 2.92. The average Bonchev–Trinajstić information content (AvgIpc) is 2.80. The van der Waals surface area contributed by atoms with Gasteiger partial charge in [0.2, 0.25) is 0 Å². The Balaban J connectivity index is 2.37. The number of halogens is 2. The summed E-state index contributed by atoms with van der Waals surface area (Å²) in [5, 5.41) is 3.52. The van der Waals surface area contributed by atoms with Crippen LogP contribution in [0.4, 0.5) is 4.39 Å². The highest BCUT2D eigenvalue weighted by Gasteiger charge is 2.18. The highest BCUT2D eigenvalue weighted by molar-refractivity contribution is 6.30. The van der Waals surface area contributed by atoms with E-state index in [1.165, 1.54) is 6.07 Å². The second-order valence-corrected chi connectivity index (χ2v) is 4.86. The van der Waals surface area contributed by atoms with E-state index >= 15 is 0 Å². The van der Waals surface area contributed by atoms with Gasteiger partial charge in [-0.3, -0.25) is 0 Å². The number of nitrogens with one attached hydrogen (secondary N) is 1. The molecule has 1 aromatic heterocycles. The molecule has 3 nitrogen and oxygen atoms in total. The van der Waals surface area contributed by atoms with Crippen molar-refractivity contribution in [2.45, 2.75) is 19.4 Å². The van der Waals surface area contributed by atoms with Crippen molar-refractivity contribution in [3.05, 3.63) is 52.8 Å². The molecule has 1 heterocycles. The third-order valence-corrected chi connectivity index (χ3v) is 3.30. The fourth-order valence-corrected chi connectivity index (χ4v) is 2.11. The largest absolute Gasteiger partial charge is 0.336 e. The number of benzene rings is 1. The van der Waals surface area contributed by atoms with Gasteiger partial charge in [-0.05, 0) is 30.7 Å². The predicted octanol–water partition coefficient (Wildman–Crippen LogP) is 3.30. The van der Waals surface area contributed by atoms with E-state index in [4.69, 9.17) is 11.6 Å². The first-order valence-corrected chi connectivity index (χ1v) is 6.66. The molecule has 5 heteroatoms. The fraction of sp³-hybridized carbons (Fsp3) is 0.357. The highest BCUT2D eigenvalue weighted by Crippen LogP contribution is 2.24. The van der Waals surface area contributed by atoms with Crippen molar-refractivity contribution < 1.29 is 4.39 Å². The lowest BCUT2D eigenvalue weighted by Gasteiger charge is -2.19. The summed E-state index contributed by atoms with van der Waals surface area (Å²) in [6.07, 6.45) is 4.61. The van der Waals surface area contributed by atoms with E-state index < -0.39 is 5.82 Å². The van der Waals surface area contributed by atoms with Gasteiger partial charge in [0.1, 0.15) is 11.6 Å². The third kappa shape index (κ3) is 3.14. The highest BCUT2D eigenvalue weighted by atomic mass is 35.5. The Labute approximate surface area is 117 Å². The monoisotopic (exact) mass is 281 g/mol. The second-order valence-electron chi connectivity index (χ2n) is 4.46. The Morgan fingerprint density at radius 2 is 2.26 bits per heavy atom. The molecule has 0 amide bonds. The van der Waals surface area contributed by atoms with E-state index in [2.05, 4.69) is 17.2 Å². The van der Waals surface area contributed by atoms with E-state index in [0.29, 0.717) is 0 Å². The van der Waals surface area contributed by atoms with Crippen molar-refractivity contribution in [1.82, 2.24) is 14.9 Å². The van der Waals surface area contributed by atoms with Gasteiger partial charge >= 0.3 is 0 Å². The van der Waals surface area contributed by atoms with E-state index in [1.807, 2.05) is 23.9 Å². The molecule has 0 saturated heterocycles. The minimum absolute atomic E-state index is 0.133. The summed E-state index contributed by atoms with van der Waals surface area (Å²) < 4.78 is 15.5. The third-order valence-electron chi connectivity index (χ3n) is 2.99. The summed E-state index contributed by atoms with van der Waals surface area (Å²) >= 11 is 5.73. The van der Waals surface area contributed by atoms with Crippen molar-refractivity contribution in [1.29, 1.82) is 0 Å². The molecule has 0 spiro atoms. The maximum absolute atomic E-state index is 13.6. The van der Waals surface area contributed by atoms with Crippen molar-refractivity contribution in [2.75, 3.05) is 6.54 Å². The lowest BCUT2D eigenvalue weighted by atomic mass is 10.1. The van der Waals surface area contributed by atoms with Crippen LogP contribution in [-0.2, 0) is 7.05 Å². The van der Waals surface area contributed by atoms with Crippen LogP contribution >= 0.6 is 11.6 Å². The minimum Gasteiger partial charge on any atom is -0.336 e. The minimum atomic E-state index is -0.406. The molecule has 0 aliphatic carbocycles. The molecule has 0 aliphatic heterocycles. The first-order valence-electron chi connectivity index (χ1n) is 6.29. The van der Waals surface area contributed by atoms with Gasteiger partial charge in [-0.2, -0.15) is 0 Å². The molecule has 2 rings (SSSR count). The fourth-order valence-electron chi connectivity index (χ4n) is 1.99. The number of hydrogen-bond donors (Lipinski definition) is 1. The Morgan fingerprint density at radius 3 is 2.84 bits per heavy atom. The van der Waals surface area contributed by atoms with Crippen LogP contribution in [0.1, 0.15) is 30.8 Å². The van der Waals surface area contributed by atoms with E-state index in [-0.39, 0.29) is 11.1 Å². The zero-order chi connectivity index (χ0) is 13.8. The molecule has 1 aromatic carbocycles. The molecule has 0 radical (unpaired) electrons. The van der Waals surface area contributed by atoms with Gasteiger partial charge in [-0.15, -0.1) is 0 Å². The number of hydrogen-bond acceptors (Lipinski definition) is 2. The first kappa shape index (κ1) is 14.0. The van der Waals surface area contributed by atoms with Crippen molar-refractivity contribution in [3.8, 4) is 0 Å². The maximum Gasteiger partial charge on any atom is 0.142 e. The number of nitrogens with zero attached hydrogens (tertiary/aromatic N) is 2. The van der Waals surface area contributed by atoms with Gasteiger partial charge in [-0.1, -0.05) is 24.6 Å². The Bertz CT molecular complexity index is 553. The van der Waals surface area contributed by atoms with Crippen molar-refractivity contribution >= 4 is 11.6 Å². The molecular formula is C14H17ClFN3. The van der Waals surface area contributed by atoms with Crippen molar-refractivity contribution in [3.63, 3.8) is 0 Å². The van der Waals surface area contributed by atoms with E-state index in [1.54, 1.807) is 12.3 Å². The summed E-state index contributed by atoms with van der Waals surface area (Å²) in [4.78, 5) is 4.34. The second kappa shape index (κ2) is 6.17. The summed E-state index contributed by atoms with van der Waals surface area (Å²) in [7, 11) is 1.93. The Kier molecular flexibility index (Phi) is 4.56. The SMILES string of the molecule is CCCNC(c1ccc(Cl)c(F)c1)c1nccn1C. The molecular weight excluding hydrogens is 265 g/mol. The van der Waals surface area contributed by atoms with Crippen LogP contribution in [0.15, 0.2) is 30.6 Å². The van der Waals surface area contributed by atoms with Crippen LogP contribution in [0.3, 0.4) is 0 Å². The molecule has 0 fully saturated rings. The van der Waals surface area contributed by atoms with Crippen LogP contribution in [0.5, 0.6) is 0 Å². The molecule has 1 N–H and O–H groups in total. The standard InChI is InChI=1S/C14H17ClFN3/c1-3-6-17-13(14-18-7-8-19(14)2)10-4-5-11(15)12(16)9-10/h4-5,7-9,13,17H,3,6H2,1-2H3. The molecule has 2 aromatic rings. The zero-order valence-electron chi connectivity index (χ0n) is 11.0. The molecule has 0 bridgehead atoms. The molecule has 0 saturated carbocycles. The van der Waals surface area contributed by atoms with E-state index in [0.717, 1.165) is 24.4 Å². The average molecular weight is 282 g/mol. The summed E-state index contributed by atoms with van der Waals surface area (Å²) in [5.74, 6) is 0.451. The predicted molar refractivity (Wildman–Crippen MR) is 74.8 cm³/mol. The smallest absolute Gasteiger partial charge is 0.142 e. The topological polar surface area (TPSA) is 29.9 Å². The molecule has 102 valence electrons. The number of imidazole rings is 1. The van der Waals surface area contributed by atoms with Gasteiger partial charge in [0, 0.05) is 19.4 Å². The lowest BCUT2D eigenvalue weighted by Crippen LogP contribution is -2.25. The van der Waals surface area contributed by atoms with E-state index in [9.17, 15) is 4.39 Å². The van der Waals surface area contributed by atoms with Crippen molar-refractivity contribution in [2.24, 2.45) is 7.05 Å². The quantitative estimate of drug-likeness (QED) is 0.911. The van der Waals surface area contributed by atoms with Gasteiger partial charge in [-0.25, -0.2) is 9.37 Å². The molecule has 0 aliphatic rings.